The number of rotatable bonds is 8. The Balaban J connectivity index is 1.72. The lowest BCUT2D eigenvalue weighted by atomic mass is 10.2. The lowest BCUT2D eigenvalue weighted by Gasteiger charge is -2.26. The molecule has 2 aromatic rings. The van der Waals surface area contributed by atoms with E-state index in [0.29, 0.717) is 13.1 Å². The maximum absolute atomic E-state index is 12.7. The molecule has 1 unspecified atom stereocenters. The van der Waals surface area contributed by atoms with Gasteiger partial charge in [-0.25, -0.2) is 21.6 Å². The second kappa shape index (κ2) is 9.23. The van der Waals surface area contributed by atoms with Crippen LogP contribution in [0.2, 0.25) is 0 Å². The van der Waals surface area contributed by atoms with E-state index in [1.807, 2.05) is 36.5 Å². The van der Waals surface area contributed by atoms with Crippen LogP contribution in [-0.4, -0.2) is 59.8 Å². The van der Waals surface area contributed by atoms with E-state index in [-0.39, 0.29) is 22.4 Å². The van der Waals surface area contributed by atoms with Crippen LogP contribution in [-0.2, 0) is 20.0 Å². The predicted octanol–water partition coefficient (Wildman–Crippen LogP) is 2.50. The summed E-state index contributed by atoms with van der Waals surface area (Å²) in [5.41, 5.74) is 0. The molecule has 160 valence electrons. The molecule has 0 bridgehead atoms. The molecule has 1 aromatic heterocycles. The molecule has 0 spiro atoms. The smallest absolute Gasteiger partial charge is 0.243 e. The lowest BCUT2D eigenvalue weighted by Crippen LogP contribution is -2.35. The highest BCUT2D eigenvalue weighted by molar-refractivity contribution is 7.89. The van der Waals surface area contributed by atoms with Gasteiger partial charge in [0.25, 0.3) is 0 Å². The van der Waals surface area contributed by atoms with Crippen molar-refractivity contribution in [3.05, 3.63) is 46.7 Å². The first-order valence-electron chi connectivity index (χ1n) is 9.51. The highest BCUT2D eigenvalue weighted by Gasteiger charge is 2.27. The zero-order chi connectivity index (χ0) is 21.1. The maximum atomic E-state index is 12.7. The van der Waals surface area contributed by atoms with Crippen molar-refractivity contribution in [3.63, 3.8) is 0 Å². The van der Waals surface area contributed by atoms with Crippen LogP contribution in [0, 0.1) is 0 Å². The van der Waals surface area contributed by atoms with Crippen LogP contribution < -0.4 is 4.72 Å². The van der Waals surface area contributed by atoms with Crippen molar-refractivity contribution in [1.82, 2.24) is 13.9 Å². The fraction of sp³-hybridized carbons (Fsp3) is 0.474. The Morgan fingerprint density at radius 2 is 1.62 bits per heavy atom. The number of piperidine rings is 1. The van der Waals surface area contributed by atoms with Crippen LogP contribution >= 0.6 is 11.3 Å². The molecule has 1 N–H and O–H groups in total. The summed E-state index contributed by atoms with van der Waals surface area (Å²) >= 11 is 1.58. The molecular formula is C19H27N3O4S3. The zero-order valence-corrected chi connectivity index (χ0v) is 19.1. The molecule has 0 saturated carbocycles. The van der Waals surface area contributed by atoms with Crippen molar-refractivity contribution < 1.29 is 16.8 Å². The predicted molar refractivity (Wildman–Crippen MR) is 115 cm³/mol. The van der Waals surface area contributed by atoms with Gasteiger partial charge in [-0.05, 0) is 62.6 Å². The average Bonchev–Trinajstić information content (AvgIpc) is 3.23. The third kappa shape index (κ3) is 5.25. The summed E-state index contributed by atoms with van der Waals surface area (Å²) in [5.74, 6) is 0. The summed E-state index contributed by atoms with van der Waals surface area (Å²) in [7, 11) is -3.52. The van der Waals surface area contributed by atoms with Gasteiger partial charge in [0.2, 0.25) is 20.0 Å². The molecule has 1 saturated heterocycles. The SMILES string of the molecule is CN(C)C(CNS(=O)(=O)c1ccc(S(=O)(=O)N2CCCCC2)cc1)c1cccs1. The van der Waals surface area contributed by atoms with Gasteiger partial charge in [0.1, 0.15) is 0 Å². The number of benzene rings is 1. The van der Waals surface area contributed by atoms with Gasteiger partial charge in [-0.2, -0.15) is 4.31 Å². The first-order chi connectivity index (χ1) is 13.7. The molecule has 0 aliphatic carbocycles. The van der Waals surface area contributed by atoms with Crippen LogP contribution in [0.3, 0.4) is 0 Å². The molecule has 0 amide bonds. The third-order valence-corrected chi connectivity index (χ3v) is 9.37. The molecule has 1 aliphatic rings. The van der Waals surface area contributed by atoms with E-state index in [0.717, 1.165) is 24.1 Å². The van der Waals surface area contributed by atoms with Crippen molar-refractivity contribution in [3.8, 4) is 0 Å². The van der Waals surface area contributed by atoms with Gasteiger partial charge in [0, 0.05) is 24.5 Å². The van der Waals surface area contributed by atoms with E-state index in [4.69, 9.17) is 0 Å². The van der Waals surface area contributed by atoms with Crippen molar-refractivity contribution in [2.75, 3.05) is 33.7 Å². The van der Waals surface area contributed by atoms with Crippen molar-refractivity contribution in [2.45, 2.75) is 35.1 Å². The maximum Gasteiger partial charge on any atom is 0.243 e. The van der Waals surface area contributed by atoms with E-state index < -0.39 is 20.0 Å². The quantitative estimate of drug-likeness (QED) is 0.658. The monoisotopic (exact) mass is 457 g/mol. The number of likely N-dealkylation sites (N-methyl/N-ethyl adjacent to an activating group) is 1. The first-order valence-corrected chi connectivity index (χ1v) is 13.3. The summed E-state index contributed by atoms with van der Waals surface area (Å²) in [6, 6.07) is 9.30. The zero-order valence-electron chi connectivity index (χ0n) is 16.6. The normalized spacial score (nSPS) is 17.5. The standard InChI is InChI=1S/C19H27N3O4S3/c1-21(2)18(19-7-6-14-27-19)15-20-28(23,24)16-8-10-17(11-9-16)29(25,26)22-12-4-3-5-13-22/h6-11,14,18,20H,3-5,12-13,15H2,1-2H3. The molecule has 1 aliphatic heterocycles. The Morgan fingerprint density at radius 1 is 1.00 bits per heavy atom. The van der Waals surface area contributed by atoms with Gasteiger partial charge in [-0.15, -0.1) is 11.3 Å². The van der Waals surface area contributed by atoms with Gasteiger partial charge in [-0.3, -0.25) is 0 Å². The summed E-state index contributed by atoms with van der Waals surface area (Å²) in [6.07, 6.45) is 2.74. The molecule has 10 heteroatoms. The number of thiophene rings is 1. The fourth-order valence-electron chi connectivity index (χ4n) is 3.34. The molecule has 2 heterocycles. The Labute approximate surface area is 177 Å². The van der Waals surface area contributed by atoms with Crippen LogP contribution in [0.4, 0.5) is 0 Å². The van der Waals surface area contributed by atoms with Crippen LogP contribution in [0.15, 0.2) is 51.6 Å². The molecule has 1 atom stereocenters. The Bertz CT molecular complexity index is 995. The van der Waals surface area contributed by atoms with Crippen molar-refractivity contribution >= 4 is 31.4 Å². The third-order valence-electron chi connectivity index (χ3n) is 5.05. The number of sulfonamides is 2. The van der Waals surface area contributed by atoms with Gasteiger partial charge >= 0.3 is 0 Å². The Kier molecular flexibility index (Phi) is 7.13. The van der Waals surface area contributed by atoms with Gasteiger partial charge < -0.3 is 4.90 Å². The first kappa shape index (κ1) is 22.4. The lowest BCUT2D eigenvalue weighted by molar-refractivity contribution is 0.303. The fourth-order valence-corrected chi connectivity index (χ4v) is 6.81. The van der Waals surface area contributed by atoms with Crippen molar-refractivity contribution in [2.24, 2.45) is 0 Å². The van der Waals surface area contributed by atoms with E-state index in [2.05, 4.69) is 4.72 Å². The van der Waals surface area contributed by atoms with E-state index >= 15 is 0 Å². The summed E-state index contributed by atoms with van der Waals surface area (Å²) in [6.45, 7) is 1.25. The van der Waals surface area contributed by atoms with Crippen LogP contribution in [0.5, 0.6) is 0 Å². The second-order valence-electron chi connectivity index (χ2n) is 7.28. The number of hydrogen-bond acceptors (Lipinski definition) is 6. The number of hydrogen-bond donors (Lipinski definition) is 1. The highest BCUT2D eigenvalue weighted by Crippen LogP contribution is 2.24. The minimum atomic E-state index is -3.75. The summed E-state index contributed by atoms with van der Waals surface area (Å²) in [4.78, 5) is 3.21. The molecule has 29 heavy (non-hydrogen) atoms. The average molecular weight is 458 g/mol. The molecular weight excluding hydrogens is 430 g/mol. The minimum Gasteiger partial charge on any atom is -0.300 e. The highest BCUT2D eigenvalue weighted by atomic mass is 32.2. The van der Waals surface area contributed by atoms with Crippen LogP contribution in [0.25, 0.3) is 0 Å². The van der Waals surface area contributed by atoms with Gasteiger partial charge in [-0.1, -0.05) is 12.5 Å². The van der Waals surface area contributed by atoms with Crippen molar-refractivity contribution in [1.29, 1.82) is 0 Å². The minimum absolute atomic E-state index is 0.0544. The molecule has 1 fully saturated rings. The second-order valence-corrected chi connectivity index (χ2v) is 12.0. The Morgan fingerprint density at radius 3 is 2.17 bits per heavy atom. The van der Waals surface area contributed by atoms with E-state index in [1.54, 1.807) is 11.3 Å². The molecule has 0 radical (unpaired) electrons. The van der Waals surface area contributed by atoms with Gasteiger partial charge in [0.05, 0.1) is 15.8 Å². The number of nitrogens with one attached hydrogen (secondary N) is 1. The Hall–Kier alpha value is -1.30. The van der Waals surface area contributed by atoms with E-state index in [1.165, 1.54) is 28.6 Å². The van der Waals surface area contributed by atoms with Gasteiger partial charge in [0.15, 0.2) is 0 Å². The summed E-state index contributed by atoms with van der Waals surface area (Å²) in [5, 5.41) is 1.96. The summed E-state index contributed by atoms with van der Waals surface area (Å²) < 4.78 is 55.0. The van der Waals surface area contributed by atoms with Crippen LogP contribution in [0.1, 0.15) is 30.2 Å². The topological polar surface area (TPSA) is 86.8 Å². The number of nitrogens with zero attached hydrogens (tertiary/aromatic N) is 2. The molecule has 3 rings (SSSR count). The van der Waals surface area contributed by atoms with E-state index in [9.17, 15) is 16.8 Å². The largest absolute Gasteiger partial charge is 0.300 e. The molecule has 7 nitrogen and oxygen atoms in total. The molecule has 1 aromatic carbocycles.